The Labute approximate surface area is 137 Å². The second-order valence-corrected chi connectivity index (χ2v) is 6.21. The number of nitrogens with zero attached hydrogens (tertiary/aromatic N) is 3. The van der Waals surface area contributed by atoms with Gasteiger partial charge in [0.05, 0.1) is 7.11 Å². The van der Waals surface area contributed by atoms with Crippen LogP contribution in [0.1, 0.15) is 25.6 Å². The number of anilines is 3. The molecule has 2 aromatic rings. The van der Waals surface area contributed by atoms with E-state index in [9.17, 15) is 0 Å². The number of hydrogen-bond donors (Lipinski definition) is 1. The number of methoxy groups -OCH3 is 1. The number of benzene rings is 1. The van der Waals surface area contributed by atoms with Gasteiger partial charge in [-0.2, -0.15) is 0 Å². The summed E-state index contributed by atoms with van der Waals surface area (Å²) < 4.78 is 5.19. The van der Waals surface area contributed by atoms with Crippen LogP contribution in [0, 0.1) is 12.8 Å². The number of hydrogen-bond acceptors (Lipinski definition) is 5. The lowest BCUT2D eigenvalue weighted by Crippen LogP contribution is -2.35. The van der Waals surface area contributed by atoms with Gasteiger partial charge in [0.1, 0.15) is 23.2 Å². The van der Waals surface area contributed by atoms with Gasteiger partial charge in [0, 0.05) is 24.8 Å². The van der Waals surface area contributed by atoms with Crippen LogP contribution < -0.4 is 15.0 Å². The summed E-state index contributed by atoms with van der Waals surface area (Å²) in [5.74, 6) is 4.20. The molecule has 0 bridgehead atoms. The number of nitrogens with one attached hydrogen (secondary N) is 1. The first-order valence-corrected chi connectivity index (χ1v) is 8.16. The fraction of sp³-hybridized carbons (Fsp3) is 0.444. The quantitative estimate of drug-likeness (QED) is 0.931. The summed E-state index contributed by atoms with van der Waals surface area (Å²) in [6.45, 7) is 6.38. The van der Waals surface area contributed by atoms with E-state index in [-0.39, 0.29) is 0 Å². The van der Waals surface area contributed by atoms with Gasteiger partial charge in [-0.3, -0.25) is 0 Å². The minimum Gasteiger partial charge on any atom is -0.497 e. The molecule has 1 aliphatic rings. The second-order valence-electron chi connectivity index (χ2n) is 6.21. The Hall–Kier alpha value is -2.30. The van der Waals surface area contributed by atoms with Gasteiger partial charge in [-0.1, -0.05) is 6.92 Å². The summed E-state index contributed by atoms with van der Waals surface area (Å²) in [7, 11) is 1.67. The topological polar surface area (TPSA) is 50.3 Å². The summed E-state index contributed by atoms with van der Waals surface area (Å²) in [5, 5.41) is 3.35. The van der Waals surface area contributed by atoms with E-state index in [1.54, 1.807) is 7.11 Å². The summed E-state index contributed by atoms with van der Waals surface area (Å²) in [6, 6.07) is 9.88. The Morgan fingerprint density at radius 2 is 2.00 bits per heavy atom. The van der Waals surface area contributed by atoms with Crippen molar-refractivity contribution in [3.63, 3.8) is 0 Å². The molecule has 1 saturated heterocycles. The number of rotatable bonds is 4. The van der Waals surface area contributed by atoms with Crippen molar-refractivity contribution in [3.8, 4) is 5.75 Å². The first-order valence-electron chi connectivity index (χ1n) is 8.16. The van der Waals surface area contributed by atoms with Gasteiger partial charge in [-0.05, 0) is 49.9 Å². The van der Waals surface area contributed by atoms with Gasteiger partial charge in [-0.25, -0.2) is 9.97 Å². The maximum atomic E-state index is 5.19. The molecule has 122 valence electrons. The van der Waals surface area contributed by atoms with E-state index in [2.05, 4.69) is 27.1 Å². The molecule has 1 fully saturated rings. The van der Waals surface area contributed by atoms with Gasteiger partial charge < -0.3 is 15.0 Å². The smallest absolute Gasteiger partial charge is 0.136 e. The fourth-order valence-electron chi connectivity index (χ4n) is 3.00. The third kappa shape index (κ3) is 3.92. The zero-order chi connectivity index (χ0) is 16.2. The molecule has 0 amide bonds. The van der Waals surface area contributed by atoms with E-state index in [1.807, 2.05) is 37.3 Å². The van der Waals surface area contributed by atoms with Crippen LogP contribution in [0.25, 0.3) is 0 Å². The third-order valence-electron chi connectivity index (χ3n) is 4.17. The largest absolute Gasteiger partial charge is 0.497 e. The molecule has 0 saturated carbocycles. The second kappa shape index (κ2) is 6.86. The van der Waals surface area contributed by atoms with Gasteiger partial charge >= 0.3 is 0 Å². The SMILES string of the molecule is COc1ccc(Nc2cc(N3CCCC(C)C3)nc(C)n2)cc1. The minimum absolute atomic E-state index is 0.719. The average molecular weight is 312 g/mol. The highest BCUT2D eigenvalue weighted by molar-refractivity contribution is 5.60. The van der Waals surface area contributed by atoms with Crippen molar-refractivity contribution < 1.29 is 4.74 Å². The molecule has 0 spiro atoms. The Balaban J connectivity index is 1.79. The third-order valence-corrected chi connectivity index (χ3v) is 4.17. The molecule has 5 heteroatoms. The van der Waals surface area contributed by atoms with Crippen molar-refractivity contribution in [2.45, 2.75) is 26.7 Å². The molecule has 5 nitrogen and oxygen atoms in total. The van der Waals surface area contributed by atoms with Crippen LogP contribution in [0.4, 0.5) is 17.3 Å². The predicted octanol–water partition coefficient (Wildman–Crippen LogP) is 3.77. The molecule has 1 aromatic heterocycles. The van der Waals surface area contributed by atoms with Gasteiger partial charge in [0.15, 0.2) is 0 Å². The van der Waals surface area contributed by atoms with Crippen molar-refractivity contribution >= 4 is 17.3 Å². The van der Waals surface area contributed by atoms with Crippen LogP contribution in [0.3, 0.4) is 0 Å². The van der Waals surface area contributed by atoms with Crippen molar-refractivity contribution in [2.24, 2.45) is 5.92 Å². The van der Waals surface area contributed by atoms with Crippen LogP contribution in [0.15, 0.2) is 30.3 Å². The molecule has 1 atom stereocenters. The summed E-state index contributed by atoms with van der Waals surface area (Å²) >= 11 is 0. The summed E-state index contributed by atoms with van der Waals surface area (Å²) in [5.41, 5.74) is 0.988. The summed E-state index contributed by atoms with van der Waals surface area (Å²) in [4.78, 5) is 11.5. The van der Waals surface area contributed by atoms with Crippen LogP contribution in [0.5, 0.6) is 5.75 Å². The molecule has 1 N–H and O–H groups in total. The zero-order valence-electron chi connectivity index (χ0n) is 14.0. The summed E-state index contributed by atoms with van der Waals surface area (Å²) in [6.07, 6.45) is 2.53. The molecular formula is C18H24N4O. The van der Waals surface area contributed by atoms with Gasteiger partial charge in [-0.15, -0.1) is 0 Å². The fourth-order valence-corrected chi connectivity index (χ4v) is 3.00. The first kappa shape index (κ1) is 15.6. The maximum absolute atomic E-state index is 5.19. The Morgan fingerprint density at radius 1 is 1.22 bits per heavy atom. The first-order chi connectivity index (χ1) is 11.1. The molecule has 3 rings (SSSR count). The zero-order valence-corrected chi connectivity index (χ0v) is 14.0. The predicted molar refractivity (Wildman–Crippen MR) is 93.7 cm³/mol. The van der Waals surface area contributed by atoms with E-state index in [1.165, 1.54) is 12.8 Å². The molecular weight excluding hydrogens is 288 g/mol. The van der Waals surface area contributed by atoms with E-state index >= 15 is 0 Å². The highest BCUT2D eigenvalue weighted by atomic mass is 16.5. The maximum Gasteiger partial charge on any atom is 0.136 e. The van der Waals surface area contributed by atoms with Crippen molar-refractivity contribution in [2.75, 3.05) is 30.4 Å². The Morgan fingerprint density at radius 3 is 2.70 bits per heavy atom. The molecule has 2 heterocycles. The van der Waals surface area contributed by atoms with Crippen LogP contribution in [-0.2, 0) is 0 Å². The average Bonchev–Trinajstić information content (AvgIpc) is 2.55. The van der Waals surface area contributed by atoms with Crippen LogP contribution in [-0.4, -0.2) is 30.2 Å². The van der Waals surface area contributed by atoms with Gasteiger partial charge in [0.25, 0.3) is 0 Å². The lowest BCUT2D eigenvalue weighted by molar-refractivity contribution is 0.415. The monoisotopic (exact) mass is 312 g/mol. The number of ether oxygens (including phenoxy) is 1. The number of piperidine rings is 1. The Kier molecular flexibility index (Phi) is 4.65. The van der Waals surface area contributed by atoms with E-state index in [4.69, 9.17) is 4.74 Å². The Bertz CT molecular complexity index is 657. The van der Waals surface area contributed by atoms with E-state index in [0.717, 1.165) is 47.9 Å². The number of aryl methyl sites for hydroxylation is 1. The molecule has 0 radical (unpaired) electrons. The molecule has 1 unspecified atom stereocenters. The van der Waals surface area contributed by atoms with E-state index < -0.39 is 0 Å². The number of aromatic nitrogens is 2. The highest BCUT2D eigenvalue weighted by Crippen LogP contribution is 2.25. The minimum atomic E-state index is 0.719. The van der Waals surface area contributed by atoms with Gasteiger partial charge in [0.2, 0.25) is 0 Å². The van der Waals surface area contributed by atoms with E-state index in [0.29, 0.717) is 0 Å². The van der Waals surface area contributed by atoms with Crippen molar-refractivity contribution in [1.82, 2.24) is 9.97 Å². The standard InChI is InChI=1S/C18H24N4O/c1-13-5-4-10-22(12-13)18-11-17(19-14(2)20-18)21-15-6-8-16(23-3)9-7-15/h6-9,11,13H,4-5,10,12H2,1-3H3,(H,19,20,21). The lowest BCUT2D eigenvalue weighted by Gasteiger charge is -2.32. The lowest BCUT2D eigenvalue weighted by atomic mass is 10.0. The molecule has 0 aliphatic carbocycles. The molecule has 1 aliphatic heterocycles. The van der Waals surface area contributed by atoms with Crippen molar-refractivity contribution in [3.05, 3.63) is 36.2 Å². The van der Waals surface area contributed by atoms with Crippen LogP contribution in [0.2, 0.25) is 0 Å². The molecule has 23 heavy (non-hydrogen) atoms. The highest BCUT2D eigenvalue weighted by Gasteiger charge is 2.18. The van der Waals surface area contributed by atoms with Crippen molar-refractivity contribution in [1.29, 1.82) is 0 Å². The normalized spacial score (nSPS) is 17.9. The van der Waals surface area contributed by atoms with Crippen LogP contribution >= 0.6 is 0 Å². The molecule has 1 aromatic carbocycles.